The highest BCUT2D eigenvalue weighted by Gasteiger charge is 2.10. The first-order valence-corrected chi connectivity index (χ1v) is 6.94. The number of aromatic nitrogens is 2. The largest absolute Gasteiger partial charge is 0.487 e. The van der Waals surface area contributed by atoms with Gasteiger partial charge in [-0.3, -0.25) is 4.98 Å². The number of nitrogens with zero attached hydrogens (tertiary/aromatic N) is 3. The number of rotatable bonds is 4. The molecule has 112 valence electrons. The van der Waals surface area contributed by atoms with Gasteiger partial charge in [-0.1, -0.05) is 18.2 Å². The van der Waals surface area contributed by atoms with Crippen molar-refractivity contribution in [3.8, 4) is 22.9 Å². The number of ether oxygens (including phenoxy) is 1. The molecule has 0 N–H and O–H groups in total. The summed E-state index contributed by atoms with van der Waals surface area (Å²) in [6, 6.07) is 13.4. The summed E-state index contributed by atoms with van der Waals surface area (Å²) in [6.07, 6.45) is 4.92. The van der Waals surface area contributed by atoms with Gasteiger partial charge in [0.15, 0.2) is 0 Å². The van der Waals surface area contributed by atoms with E-state index in [4.69, 9.17) is 10.00 Å². The molecule has 0 amide bonds. The van der Waals surface area contributed by atoms with Crippen molar-refractivity contribution in [2.75, 3.05) is 0 Å². The van der Waals surface area contributed by atoms with E-state index in [0.717, 1.165) is 11.1 Å². The average molecular weight is 305 g/mol. The molecule has 0 aliphatic carbocycles. The quantitative estimate of drug-likeness (QED) is 0.737. The Hall–Kier alpha value is -3.26. The van der Waals surface area contributed by atoms with Crippen molar-refractivity contribution in [1.82, 2.24) is 9.97 Å². The monoisotopic (exact) mass is 305 g/mol. The van der Waals surface area contributed by atoms with Gasteiger partial charge >= 0.3 is 0 Å². The second-order valence-corrected chi connectivity index (χ2v) is 4.83. The predicted molar refractivity (Wildman–Crippen MR) is 82.9 cm³/mol. The Labute approximate surface area is 132 Å². The minimum atomic E-state index is -0.318. The molecular weight excluding hydrogens is 293 g/mol. The van der Waals surface area contributed by atoms with E-state index in [1.165, 1.54) is 18.3 Å². The van der Waals surface area contributed by atoms with Crippen LogP contribution in [0.1, 0.15) is 11.3 Å². The standard InChI is InChI=1S/C18H12FN3O/c19-15-5-3-14(4-6-15)17-8-16(9-20)22-11-18(17)23-12-13-2-1-7-21-10-13/h1-8,10-11H,12H2. The number of hydrogen-bond acceptors (Lipinski definition) is 4. The molecule has 0 saturated heterocycles. The molecule has 4 nitrogen and oxygen atoms in total. The highest BCUT2D eigenvalue weighted by atomic mass is 19.1. The lowest BCUT2D eigenvalue weighted by atomic mass is 10.1. The average Bonchev–Trinajstić information content (AvgIpc) is 2.61. The smallest absolute Gasteiger partial charge is 0.146 e. The molecule has 0 bridgehead atoms. The number of benzene rings is 1. The van der Waals surface area contributed by atoms with Crippen LogP contribution >= 0.6 is 0 Å². The summed E-state index contributed by atoms with van der Waals surface area (Å²) in [5.41, 5.74) is 2.65. The third-order valence-electron chi connectivity index (χ3n) is 3.25. The summed E-state index contributed by atoms with van der Waals surface area (Å²) in [5.74, 6) is 0.209. The minimum Gasteiger partial charge on any atom is -0.487 e. The highest BCUT2D eigenvalue weighted by Crippen LogP contribution is 2.30. The molecule has 0 aliphatic rings. The molecule has 0 unspecified atom stereocenters. The fourth-order valence-corrected chi connectivity index (χ4v) is 2.12. The highest BCUT2D eigenvalue weighted by molar-refractivity contribution is 5.70. The van der Waals surface area contributed by atoms with Crippen molar-refractivity contribution >= 4 is 0 Å². The van der Waals surface area contributed by atoms with E-state index in [0.29, 0.717) is 17.9 Å². The topological polar surface area (TPSA) is 58.8 Å². The molecule has 0 saturated carbocycles. The molecule has 0 fully saturated rings. The second kappa shape index (κ2) is 6.67. The van der Waals surface area contributed by atoms with Gasteiger partial charge in [0, 0.05) is 23.5 Å². The van der Waals surface area contributed by atoms with Crippen molar-refractivity contribution in [1.29, 1.82) is 5.26 Å². The molecule has 2 aromatic heterocycles. The van der Waals surface area contributed by atoms with Gasteiger partial charge in [0.2, 0.25) is 0 Å². The van der Waals surface area contributed by atoms with Crippen LogP contribution in [0.4, 0.5) is 4.39 Å². The molecule has 2 heterocycles. The zero-order valence-corrected chi connectivity index (χ0v) is 12.1. The Morgan fingerprint density at radius 3 is 2.65 bits per heavy atom. The fraction of sp³-hybridized carbons (Fsp3) is 0.0556. The summed E-state index contributed by atoms with van der Waals surface area (Å²) in [4.78, 5) is 8.07. The van der Waals surface area contributed by atoms with E-state index < -0.39 is 0 Å². The van der Waals surface area contributed by atoms with Crippen molar-refractivity contribution in [2.24, 2.45) is 0 Å². The lowest BCUT2D eigenvalue weighted by Crippen LogP contribution is -1.99. The van der Waals surface area contributed by atoms with Crippen molar-refractivity contribution in [2.45, 2.75) is 6.61 Å². The maximum Gasteiger partial charge on any atom is 0.146 e. The van der Waals surface area contributed by atoms with Crippen LogP contribution in [0, 0.1) is 17.1 Å². The van der Waals surface area contributed by atoms with Crippen LogP contribution in [0.25, 0.3) is 11.1 Å². The van der Waals surface area contributed by atoms with Crippen molar-refractivity contribution in [3.05, 3.63) is 78.1 Å². The van der Waals surface area contributed by atoms with E-state index in [-0.39, 0.29) is 11.5 Å². The van der Waals surface area contributed by atoms with Crippen molar-refractivity contribution < 1.29 is 9.13 Å². The molecule has 23 heavy (non-hydrogen) atoms. The third-order valence-corrected chi connectivity index (χ3v) is 3.25. The van der Waals surface area contributed by atoms with Gasteiger partial charge in [0.25, 0.3) is 0 Å². The van der Waals surface area contributed by atoms with Gasteiger partial charge in [0.05, 0.1) is 6.20 Å². The van der Waals surface area contributed by atoms with Crippen molar-refractivity contribution in [3.63, 3.8) is 0 Å². The van der Waals surface area contributed by atoms with Gasteiger partial charge in [-0.15, -0.1) is 0 Å². The van der Waals surface area contributed by atoms with Crippen LogP contribution < -0.4 is 4.74 Å². The van der Waals surface area contributed by atoms with Crippen LogP contribution in [0.2, 0.25) is 0 Å². The first kappa shape index (κ1) is 14.7. The number of pyridine rings is 2. The first-order chi connectivity index (χ1) is 11.3. The van der Waals surface area contributed by atoms with Gasteiger partial charge in [-0.05, 0) is 29.8 Å². The Bertz CT molecular complexity index is 842. The molecule has 3 rings (SSSR count). The molecule has 3 aromatic rings. The summed E-state index contributed by atoms with van der Waals surface area (Å²) in [6.45, 7) is 0.329. The molecular formula is C18H12FN3O. The molecule has 5 heteroatoms. The Morgan fingerprint density at radius 2 is 1.96 bits per heavy atom. The van der Waals surface area contributed by atoms with Gasteiger partial charge in [-0.2, -0.15) is 5.26 Å². The zero-order chi connectivity index (χ0) is 16.1. The van der Waals surface area contributed by atoms with E-state index >= 15 is 0 Å². The second-order valence-electron chi connectivity index (χ2n) is 4.83. The number of halogens is 1. The Morgan fingerprint density at radius 1 is 1.13 bits per heavy atom. The number of nitriles is 1. The molecule has 1 aromatic carbocycles. The molecule has 0 spiro atoms. The maximum atomic E-state index is 13.1. The summed E-state index contributed by atoms with van der Waals surface area (Å²) >= 11 is 0. The lowest BCUT2D eigenvalue weighted by Gasteiger charge is -2.11. The summed E-state index contributed by atoms with van der Waals surface area (Å²) < 4.78 is 18.9. The normalized spacial score (nSPS) is 10.1. The lowest BCUT2D eigenvalue weighted by molar-refractivity contribution is 0.306. The molecule has 0 radical (unpaired) electrons. The molecule has 0 atom stereocenters. The predicted octanol–water partition coefficient (Wildman–Crippen LogP) is 3.73. The minimum absolute atomic E-state index is 0.276. The molecule has 0 aliphatic heterocycles. The van der Waals surface area contributed by atoms with Crippen LogP contribution in [-0.2, 0) is 6.61 Å². The fourth-order valence-electron chi connectivity index (χ4n) is 2.12. The number of hydrogen-bond donors (Lipinski definition) is 0. The van der Waals surface area contributed by atoms with Crippen LogP contribution in [-0.4, -0.2) is 9.97 Å². The van der Waals surface area contributed by atoms with Crippen LogP contribution in [0.5, 0.6) is 5.75 Å². The summed E-state index contributed by atoms with van der Waals surface area (Å²) in [5, 5.41) is 9.03. The van der Waals surface area contributed by atoms with E-state index in [9.17, 15) is 4.39 Å². The SMILES string of the molecule is N#Cc1cc(-c2ccc(F)cc2)c(OCc2cccnc2)cn1. The first-order valence-electron chi connectivity index (χ1n) is 6.94. The summed E-state index contributed by atoms with van der Waals surface area (Å²) in [7, 11) is 0. The zero-order valence-electron chi connectivity index (χ0n) is 12.1. The van der Waals surface area contributed by atoms with E-state index in [1.54, 1.807) is 30.6 Å². The van der Waals surface area contributed by atoms with Crippen LogP contribution in [0.3, 0.4) is 0 Å². The third kappa shape index (κ3) is 3.50. The Kier molecular flexibility index (Phi) is 4.25. The Balaban J connectivity index is 1.93. The maximum absolute atomic E-state index is 13.1. The van der Waals surface area contributed by atoms with E-state index in [1.807, 2.05) is 18.2 Å². The van der Waals surface area contributed by atoms with Gasteiger partial charge in [0.1, 0.15) is 29.9 Å². The van der Waals surface area contributed by atoms with Gasteiger partial charge in [-0.25, -0.2) is 9.37 Å². The van der Waals surface area contributed by atoms with E-state index in [2.05, 4.69) is 9.97 Å². The van der Waals surface area contributed by atoms with Gasteiger partial charge < -0.3 is 4.74 Å². The van der Waals surface area contributed by atoms with Crippen LogP contribution in [0.15, 0.2) is 61.1 Å².